The minimum Gasteiger partial charge on any atom is -0.508 e. The first-order chi connectivity index (χ1) is 15.6. The largest absolute Gasteiger partial charge is 0.508 e. The number of nitrogens with one attached hydrogen (secondary N) is 2. The van der Waals surface area contributed by atoms with E-state index in [1.165, 1.54) is 12.3 Å². The van der Waals surface area contributed by atoms with Crippen LogP contribution in [0.25, 0.3) is 11.3 Å². The Labute approximate surface area is 189 Å². The predicted molar refractivity (Wildman–Crippen MR) is 123 cm³/mol. The number of hydrogen-bond donors (Lipinski definition) is 3. The van der Waals surface area contributed by atoms with E-state index in [4.69, 9.17) is 16.3 Å². The van der Waals surface area contributed by atoms with Gasteiger partial charge in [0, 0.05) is 10.6 Å². The van der Waals surface area contributed by atoms with Crippen molar-refractivity contribution in [3.63, 3.8) is 0 Å². The van der Waals surface area contributed by atoms with E-state index in [0.717, 1.165) is 11.1 Å². The van der Waals surface area contributed by atoms with Gasteiger partial charge in [0.05, 0.1) is 11.9 Å². The van der Waals surface area contributed by atoms with Crippen LogP contribution in [-0.4, -0.2) is 27.4 Å². The Hall–Kier alpha value is -4.10. The molecule has 1 aromatic heterocycles. The van der Waals surface area contributed by atoms with Crippen molar-refractivity contribution in [1.29, 1.82) is 0 Å². The van der Waals surface area contributed by atoms with Gasteiger partial charge in [-0.25, -0.2) is 5.43 Å². The zero-order valence-electron chi connectivity index (χ0n) is 16.8. The number of carbonyl (C=O) groups excluding carboxylic acids is 1. The number of para-hydroxylation sites is 1. The first kappa shape index (κ1) is 21.1. The number of aromatic nitrogens is 2. The molecule has 0 radical (unpaired) electrons. The lowest BCUT2D eigenvalue weighted by Crippen LogP contribution is -2.17. The van der Waals surface area contributed by atoms with Gasteiger partial charge in [-0.3, -0.25) is 9.89 Å². The van der Waals surface area contributed by atoms with Crippen molar-refractivity contribution >= 4 is 23.7 Å². The van der Waals surface area contributed by atoms with Crippen molar-refractivity contribution in [1.82, 2.24) is 15.6 Å². The summed E-state index contributed by atoms with van der Waals surface area (Å²) in [5.74, 6) is 0.318. The van der Waals surface area contributed by atoms with Gasteiger partial charge in [0.15, 0.2) is 0 Å². The Balaban J connectivity index is 1.43. The summed E-state index contributed by atoms with van der Waals surface area (Å²) in [6.45, 7) is 0.371. The summed E-state index contributed by atoms with van der Waals surface area (Å²) in [5, 5.41) is 21.0. The summed E-state index contributed by atoms with van der Waals surface area (Å²) >= 11 is 5.93. The van der Waals surface area contributed by atoms with Crippen LogP contribution < -0.4 is 10.2 Å². The molecule has 7 nitrogen and oxygen atoms in total. The number of phenols is 1. The van der Waals surface area contributed by atoms with E-state index in [-0.39, 0.29) is 11.4 Å². The van der Waals surface area contributed by atoms with Gasteiger partial charge in [0.1, 0.15) is 23.8 Å². The molecule has 1 amide bonds. The van der Waals surface area contributed by atoms with Crippen LogP contribution in [0.1, 0.15) is 21.6 Å². The number of carbonyl (C=O) groups is 1. The van der Waals surface area contributed by atoms with Crippen molar-refractivity contribution in [2.75, 3.05) is 0 Å². The van der Waals surface area contributed by atoms with Gasteiger partial charge in [-0.15, -0.1) is 0 Å². The van der Waals surface area contributed by atoms with Crippen molar-refractivity contribution in [2.24, 2.45) is 5.10 Å². The number of nitrogens with zero attached hydrogens (tertiary/aromatic N) is 2. The van der Waals surface area contributed by atoms with Gasteiger partial charge in [0.25, 0.3) is 5.91 Å². The molecule has 1 heterocycles. The number of ether oxygens (including phenoxy) is 1. The van der Waals surface area contributed by atoms with Crippen LogP contribution in [0.3, 0.4) is 0 Å². The van der Waals surface area contributed by atoms with Crippen molar-refractivity contribution in [3.8, 4) is 22.8 Å². The van der Waals surface area contributed by atoms with E-state index in [1.807, 2.05) is 48.5 Å². The number of hydrazone groups is 1. The lowest BCUT2D eigenvalue weighted by molar-refractivity contribution is 0.0950. The fraction of sp³-hybridized carbons (Fsp3) is 0.0417. The molecule has 3 aromatic carbocycles. The number of H-pyrrole nitrogens is 1. The first-order valence-electron chi connectivity index (χ1n) is 9.73. The fourth-order valence-electron chi connectivity index (χ4n) is 2.95. The quantitative estimate of drug-likeness (QED) is 0.281. The summed E-state index contributed by atoms with van der Waals surface area (Å²) in [4.78, 5) is 12.4. The smallest absolute Gasteiger partial charge is 0.289 e. The van der Waals surface area contributed by atoms with Crippen LogP contribution in [0.2, 0.25) is 5.02 Å². The summed E-state index contributed by atoms with van der Waals surface area (Å²) in [5.41, 5.74) is 5.64. The molecule has 160 valence electrons. The van der Waals surface area contributed by atoms with Crippen LogP contribution >= 0.6 is 11.6 Å². The van der Waals surface area contributed by atoms with E-state index in [2.05, 4.69) is 20.7 Å². The van der Waals surface area contributed by atoms with E-state index in [9.17, 15) is 9.90 Å². The maximum atomic E-state index is 12.4. The fourth-order valence-corrected chi connectivity index (χ4v) is 3.08. The molecule has 8 heteroatoms. The van der Waals surface area contributed by atoms with Gasteiger partial charge >= 0.3 is 0 Å². The SMILES string of the molecule is O=C(NN=Cc1cccc(O)c1)c1cc(-c2ccccc2OCc2ccc(Cl)cc2)n[nH]1. The van der Waals surface area contributed by atoms with Gasteiger partial charge in [-0.1, -0.05) is 48.0 Å². The predicted octanol–water partition coefficient (Wildman–Crippen LogP) is 4.78. The van der Waals surface area contributed by atoms with Gasteiger partial charge in [0.2, 0.25) is 0 Å². The molecule has 3 N–H and O–H groups in total. The lowest BCUT2D eigenvalue weighted by atomic mass is 10.1. The number of aromatic hydroxyl groups is 1. The summed E-state index contributed by atoms with van der Waals surface area (Å²) in [6.07, 6.45) is 1.44. The maximum Gasteiger partial charge on any atom is 0.289 e. The van der Waals surface area contributed by atoms with Crippen LogP contribution in [0.5, 0.6) is 11.5 Å². The number of phenolic OH excluding ortho intramolecular Hbond substituents is 1. The zero-order valence-corrected chi connectivity index (χ0v) is 17.6. The van der Waals surface area contributed by atoms with Crippen LogP contribution in [-0.2, 0) is 6.61 Å². The number of aromatic amines is 1. The number of benzene rings is 3. The monoisotopic (exact) mass is 446 g/mol. The second kappa shape index (κ2) is 9.80. The van der Waals surface area contributed by atoms with Crippen molar-refractivity contribution in [3.05, 3.63) is 101 Å². The minimum atomic E-state index is -0.445. The molecule has 0 saturated carbocycles. The highest BCUT2D eigenvalue weighted by Crippen LogP contribution is 2.29. The third-order valence-electron chi connectivity index (χ3n) is 4.54. The number of hydrogen-bond acceptors (Lipinski definition) is 5. The highest BCUT2D eigenvalue weighted by Gasteiger charge is 2.14. The molecular weight excluding hydrogens is 428 g/mol. The van der Waals surface area contributed by atoms with E-state index >= 15 is 0 Å². The third kappa shape index (κ3) is 5.33. The molecule has 0 unspecified atom stereocenters. The van der Waals surface area contributed by atoms with Crippen LogP contribution in [0.15, 0.2) is 84.0 Å². The average molecular weight is 447 g/mol. The Bertz CT molecular complexity index is 1250. The zero-order chi connectivity index (χ0) is 22.3. The molecule has 0 aliphatic heterocycles. The Morgan fingerprint density at radius 3 is 2.72 bits per heavy atom. The Kier molecular flexibility index (Phi) is 6.48. The van der Waals surface area contributed by atoms with E-state index in [0.29, 0.717) is 28.6 Å². The van der Waals surface area contributed by atoms with Crippen molar-refractivity contribution in [2.45, 2.75) is 6.61 Å². The number of amides is 1. The second-order valence-corrected chi connectivity index (χ2v) is 7.31. The maximum absolute atomic E-state index is 12.4. The molecular formula is C24H19ClN4O3. The summed E-state index contributed by atoms with van der Waals surface area (Å²) < 4.78 is 5.97. The highest BCUT2D eigenvalue weighted by molar-refractivity contribution is 6.30. The third-order valence-corrected chi connectivity index (χ3v) is 4.79. The molecule has 0 fully saturated rings. The number of rotatable bonds is 7. The van der Waals surface area contributed by atoms with Crippen molar-refractivity contribution < 1.29 is 14.6 Å². The topological polar surface area (TPSA) is 99.6 Å². The molecule has 4 rings (SSSR count). The van der Waals surface area contributed by atoms with Crippen LogP contribution in [0, 0.1) is 0 Å². The summed E-state index contributed by atoms with van der Waals surface area (Å²) in [6, 6.07) is 23.0. The molecule has 0 aliphatic rings. The summed E-state index contributed by atoms with van der Waals surface area (Å²) in [7, 11) is 0. The standard InChI is InChI=1S/C24H19ClN4O3/c25-18-10-8-16(9-11-18)15-32-23-7-2-1-6-20(23)21-13-22(28-27-21)24(31)29-26-14-17-4-3-5-19(30)12-17/h1-14,30H,15H2,(H,27,28)(H,29,31). The average Bonchev–Trinajstić information content (AvgIpc) is 3.29. The number of halogens is 1. The molecule has 0 aliphatic carbocycles. The second-order valence-electron chi connectivity index (χ2n) is 6.87. The molecule has 0 spiro atoms. The van der Waals surface area contributed by atoms with Gasteiger partial charge in [-0.05, 0) is 53.6 Å². The molecule has 0 atom stereocenters. The molecule has 4 aromatic rings. The van der Waals surface area contributed by atoms with E-state index < -0.39 is 5.91 Å². The van der Waals surface area contributed by atoms with Gasteiger partial charge < -0.3 is 9.84 Å². The molecule has 32 heavy (non-hydrogen) atoms. The normalized spacial score (nSPS) is 10.9. The van der Waals surface area contributed by atoms with E-state index in [1.54, 1.807) is 24.3 Å². The molecule has 0 bridgehead atoms. The van der Waals surface area contributed by atoms with Crippen LogP contribution in [0.4, 0.5) is 0 Å². The highest BCUT2D eigenvalue weighted by atomic mass is 35.5. The Morgan fingerprint density at radius 1 is 1.09 bits per heavy atom. The Morgan fingerprint density at radius 2 is 1.91 bits per heavy atom. The minimum absolute atomic E-state index is 0.121. The molecule has 0 saturated heterocycles. The first-order valence-corrected chi connectivity index (χ1v) is 10.1. The van der Waals surface area contributed by atoms with Gasteiger partial charge in [-0.2, -0.15) is 10.2 Å². The lowest BCUT2D eigenvalue weighted by Gasteiger charge is -2.10.